The third kappa shape index (κ3) is 1.51. The van der Waals surface area contributed by atoms with Crippen LogP contribution in [0.25, 0.3) is 0 Å². The predicted octanol–water partition coefficient (Wildman–Crippen LogP) is 2.53. The number of rotatable bonds is 1. The molecular weight excluding hydrogens is 234 g/mol. The van der Waals surface area contributed by atoms with E-state index >= 15 is 0 Å². The van der Waals surface area contributed by atoms with Crippen molar-refractivity contribution in [2.75, 3.05) is 6.54 Å². The molecule has 0 aromatic carbocycles. The van der Waals surface area contributed by atoms with Gasteiger partial charge in [-0.1, -0.05) is 0 Å². The number of fused-ring (bicyclic) bond motifs is 1. The molecule has 1 aromatic rings. The Bertz CT molecular complexity index is 476. The molecule has 4 saturated carbocycles. The standard InChI is InChI=1S/C16H23N3/c1-2-19-14(8-17-1)9-18-16(19)15-12-4-10-3-11(6-12)7-13(15)5-10/h9-13,15,17H,1-8H2. The Balaban J connectivity index is 1.54. The molecule has 1 aromatic heterocycles. The molecule has 0 radical (unpaired) electrons. The zero-order valence-corrected chi connectivity index (χ0v) is 11.5. The van der Waals surface area contributed by atoms with E-state index in [4.69, 9.17) is 4.98 Å². The molecular formula is C16H23N3. The monoisotopic (exact) mass is 257 g/mol. The van der Waals surface area contributed by atoms with E-state index in [2.05, 4.69) is 16.1 Å². The summed E-state index contributed by atoms with van der Waals surface area (Å²) in [5.41, 5.74) is 1.41. The highest BCUT2D eigenvalue weighted by molar-refractivity contribution is 5.17. The minimum absolute atomic E-state index is 0.791. The van der Waals surface area contributed by atoms with Gasteiger partial charge in [0.05, 0.1) is 5.69 Å². The first kappa shape index (κ1) is 10.9. The molecule has 0 atom stereocenters. The zero-order chi connectivity index (χ0) is 12.4. The van der Waals surface area contributed by atoms with Gasteiger partial charge in [-0.2, -0.15) is 0 Å². The van der Waals surface area contributed by atoms with Crippen molar-refractivity contribution >= 4 is 0 Å². The van der Waals surface area contributed by atoms with Crippen molar-refractivity contribution in [1.82, 2.24) is 14.9 Å². The molecule has 4 bridgehead atoms. The van der Waals surface area contributed by atoms with Crippen LogP contribution in [0.4, 0.5) is 0 Å². The van der Waals surface area contributed by atoms with Crippen LogP contribution >= 0.6 is 0 Å². The van der Waals surface area contributed by atoms with Crippen LogP contribution in [-0.4, -0.2) is 16.1 Å². The summed E-state index contributed by atoms with van der Waals surface area (Å²) in [6.45, 7) is 3.26. The molecule has 4 fully saturated rings. The quantitative estimate of drug-likeness (QED) is 0.838. The average Bonchev–Trinajstić information content (AvgIpc) is 2.82. The lowest BCUT2D eigenvalue weighted by Crippen LogP contribution is -2.45. The van der Waals surface area contributed by atoms with E-state index in [0.29, 0.717) is 0 Å². The van der Waals surface area contributed by atoms with Crippen LogP contribution in [0.3, 0.4) is 0 Å². The molecule has 0 saturated heterocycles. The highest BCUT2D eigenvalue weighted by atomic mass is 15.1. The highest BCUT2D eigenvalue weighted by Crippen LogP contribution is 2.59. The van der Waals surface area contributed by atoms with E-state index in [9.17, 15) is 0 Å². The van der Waals surface area contributed by atoms with Gasteiger partial charge in [0.2, 0.25) is 0 Å². The van der Waals surface area contributed by atoms with Gasteiger partial charge in [0, 0.05) is 31.7 Å². The van der Waals surface area contributed by atoms with Crippen molar-refractivity contribution in [3.05, 3.63) is 17.7 Å². The Labute approximate surface area is 114 Å². The van der Waals surface area contributed by atoms with Gasteiger partial charge in [-0.15, -0.1) is 0 Å². The highest BCUT2D eigenvalue weighted by Gasteiger charge is 2.50. The van der Waals surface area contributed by atoms with E-state index in [1.807, 2.05) is 0 Å². The molecule has 2 heterocycles. The normalized spacial score (nSPS) is 43.5. The third-order valence-corrected chi connectivity index (χ3v) is 6.31. The summed E-state index contributed by atoms with van der Waals surface area (Å²) in [5.74, 6) is 6.28. The lowest BCUT2D eigenvalue weighted by atomic mass is 9.51. The lowest BCUT2D eigenvalue weighted by Gasteiger charge is -2.54. The van der Waals surface area contributed by atoms with Crippen molar-refractivity contribution in [2.45, 2.75) is 51.1 Å². The summed E-state index contributed by atoms with van der Waals surface area (Å²) < 4.78 is 2.55. The van der Waals surface area contributed by atoms with Gasteiger partial charge in [0.25, 0.3) is 0 Å². The number of imidazole rings is 1. The van der Waals surface area contributed by atoms with Crippen molar-refractivity contribution in [1.29, 1.82) is 0 Å². The topological polar surface area (TPSA) is 29.9 Å². The van der Waals surface area contributed by atoms with E-state index < -0.39 is 0 Å². The molecule has 5 aliphatic rings. The average molecular weight is 257 g/mol. The first-order valence-corrected chi connectivity index (χ1v) is 8.13. The molecule has 4 aliphatic carbocycles. The van der Waals surface area contributed by atoms with Crippen molar-refractivity contribution in [3.63, 3.8) is 0 Å². The Kier molecular flexibility index (Phi) is 2.21. The maximum atomic E-state index is 4.87. The first-order valence-electron chi connectivity index (χ1n) is 8.13. The molecule has 3 nitrogen and oxygen atoms in total. The van der Waals surface area contributed by atoms with Crippen LogP contribution in [-0.2, 0) is 13.1 Å². The van der Waals surface area contributed by atoms with Gasteiger partial charge in [0.15, 0.2) is 0 Å². The predicted molar refractivity (Wildman–Crippen MR) is 73.7 cm³/mol. The van der Waals surface area contributed by atoms with E-state index in [0.717, 1.165) is 49.2 Å². The summed E-state index contributed by atoms with van der Waals surface area (Å²) in [7, 11) is 0. The fraction of sp³-hybridized carbons (Fsp3) is 0.812. The number of hydrogen-bond acceptors (Lipinski definition) is 2. The fourth-order valence-corrected chi connectivity index (χ4v) is 5.85. The Morgan fingerprint density at radius 2 is 1.79 bits per heavy atom. The zero-order valence-electron chi connectivity index (χ0n) is 11.5. The number of nitrogens with zero attached hydrogens (tertiary/aromatic N) is 2. The summed E-state index contributed by atoms with van der Waals surface area (Å²) in [5, 5.41) is 3.46. The molecule has 6 rings (SSSR count). The van der Waals surface area contributed by atoms with Crippen LogP contribution in [0.15, 0.2) is 6.20 Å². The Hall–Kier alpha value is -0.830. The lowest BCUT2D eigenvalue weighted by molar-refractivity contribution is -0.00691. The van der Waals surface area contributed by atoms with Gasteiger partial charge in [-0.3, -0.25) is 0 Å². The summed E-state index contributed by atoms with van der Waals surface area (Å²) in [6, 6.07) is 0. The largest absolute Gasteiger partial charge is 0.329 e. The third-order valence-electron chi connectivity index (χ3n) is 6.31. The minimum atomic E-state index is 0.791. The van der Waals surface area contributed by atoms with Crippen LogP contribution in [0, 0.1) is 23.7 Å². The van der Waals surface area contributed by atoms with Crippen molar-refractivity contribution in [3.8, 4) is 0 Å². The van der Waals surface area contributed by atoms with E-state index in [1.165, 1.54) is 37.2 Å². The Morgan fingerprint density at radius 3 is 2.53 bits per heavy atom. The summed E-state index contributed by atoms with van der Waals surface area (Å²) in [4.78, 5) is 4.87. The smallest absolute Gasteiger partial charge is 0.112 e. The summed E-state index contributed by atoms with van der Waals surface area (Å²) in [6.07, 6.45) is 9.67. The molecule has 3 heteroatoms. The van der Waals surface area contributed by atoms with Crippen LogP contribution < -0.4 is 5.32 Å². The van der Waals surface area contributed by atoms with Crippen molar-refractivity contribution in [2.24, 2.45) is 23.7 Å². The van der Waals surface area contributed by atoms with Gasteiger partial charge in [-0.05, 0) is 55.8 Å². The summed E-state index contributed by atoms with van der Waals surface area (Å²) >= 11 is 0. The van der Waals surface area contributed by atoms with Crippen LogP contribution in [0.1, 0.15) is 49.5 Å². The minimum Gasteiger partial charge on any atom is -0.329 e. The molecule has 0 amide bonds. The molecule has 1 aliphatic heterocycles. The number of aromatic nitrogens is 2. The van der Waals surface area contributed by atoms with Gasteiger partial charge in [0.1, 0.15) is 5.82 Å². The number of nitrogens with one attached hydrogen (secondary N) is 1. The van der Waals surface area contributed by atoms with Gasteiger partial charge in [-0.25, -0.2) is 4.98 Å². The van der Waals surface area contributed by atoms with Crippen molar-refractivity contribution < 1.29 is 0 Å². The SMILES string of the molecule is c1nc(C2C3CC4CC(C3)CC2C4)n2c1CNCC2. The van der Waals surface area contributed by atoms with Gasteiger partial charge < -0.3 is 9.88 Å². The first-order chi connectivity index (χ1) is 9.38. The van der Waals surface area contributed by atoms with Crippen LogP contribution in [0.5, 0.6) is 0 Å². The maximum absolute atomic E-state index is 4.87. The van der Waals surface area contributed by atoms with E-state index in [-0.39, 0.29) is 0 Å². The second-order valence-corrected chi connectivity index (χ2v) is 7.39. The van der Waals surface area contributed by atoms with Gasteiger partial charge >= 0.3 is 0 Å². The molecule has 19 heavy (non-hydrogen) atoms. The number of hydrogen-bond donors (Lipinski definition) is 1. The molecule has 102 valence electrons. The molecule has 1 N–H and O–H groups in total. The second kappa shape index (κ2) is 3.85. The molecule has 0 spiro atoms. The second-order valence-electron chi connectivity index (χ2n) is 7.39. The van der Waals surface area contributed by atoms with E-state index in [1.54, 1.807) is 6.42 Å². The molecule has 0 unspecified atom stereocenters. The maximum Gasteiger partial charge on any atom is 0.112 e. The fourth-order valence-electron chi connectivity index (χ4n) is 5.85. The Morgan fingerprint density at radius 1 is 1.05 bits per heavy atom. The van der Waals surface area contributed by atoms with Crippen LogP contribution in [0.2, 0.25) is 0 Å².